The van der Waals surface area contributed by atoms with E-state index in [-0.39, 0.29) is 17.9 Å². The molecule has 0 saturated heterocycles. The van der Waals surface area contributed by atoms with Gasteiger partial charge in [-0.15, -0.1) is 11.6 Å². The molecule has 0 heterocycles. The summed E-state index contributed by atoms with van der Waals surface area (Å²) in [6.07, 6.45) is 0. The van der Waals surface area contributed by atoms with Gasteiger partial charge in [-0.05, 0) is 20.8 Å². The molecule has 0 aliphatic rings. The van der Waals surface area contributed by atoms with Gasteiger partial charge in [-0.25, -0.2) is 0 Å². The second-order valence-electron chi connectivity index (χ2n) is 3.93. The molecule has 0 aromatic heterocycles. The quantitative estimate of drug-likeness (QED) is 0.534. The van der Waals surface area contributed by atoms with E-state index in [0.29, 0.717) is 13.2 Å². The molecule has 1 atom stereocenters. The molecule has 1 amide bonds. The van der Waals surface area contributed by atoms with Crippen molar-refractivity contribution < 1.29 is 14.3 Å². The third kappa shape index (κ3) is 6.71. The van der Waals surface area contributed by atoms with Crippen molar-refractivity contribution in [3.05, 3.63) is 0 Å². The van der Waals surface area contributed by atoms with Crippen LogP contribution in [0.3, 0.4) is 0 Å². The minimum Gasteiger partial charge on any atom is -0.382 e. The van der Waals surface area contributed by atoms with E-state index in [0.717, 1.165) is 0 Å². The molecule has 0 fully saturated rings. The number of methoxy groups -OCH3 is 1. The standard InChI is InChI=1S/C10H20ClNO3/c1-8(11)10(2,3)12-9(13)7-15-6-5-14-4/h8H,5-7H2,1-4H3,(H,12,13). The molecule has 90 valence electrons. The van der Waals surface area contributed by atoms with Crippen LogP contribution in [0.4, 0.5) is 0 Å². The first kappa shape index (κ1) is 14.7. The molecule has 0 bridgehead atoms. The topological polar surface area (TPSA) is 47.6 Å². The second kappa shape index (κ2) is 7.04. The van der Waals surface area contributed by atoms with Crippen molar-refractivity contribution in [2.75, 3.05) is 26.9 Å². The van der Waals surface area contributed by atoms with E-state index >= 15 is 0 Å². The van der Waals surface area contributed by atoms with Crippen molar-refractivity contribution in [1.29, 1.82) is 0 Å². The van der Waals surface area contributed by atoms with Gasteiger partial charge in [0.2, 0.25) is 5.91 Å². The van der Waals surface area contributed by atoms with Gasteiger partial charge in [0.05, 0.1) is 24.1 Å². The van der Waals surface area contributed by atoms with Gasteiger partial charge in [0.25, 0.3) is 0 Å². The van der Waals surface area contributed by atoms with Crippen molar-refractivity contribution in [3.8, 4) is 0 Å². The highest BCUT2D eigenvalue weighted by molar-refractivity contribution is 6.21. The van der Waals surface area contributed by atoms with Gasteiger partial charge in [-0.1, -0.05) is 0 Å². The maximum atomic E-state index is 11.4. The average molecular weight is 238 g/mol. The Bertz CT molecular complexity index is 195. The Kier molecular flexibility index (Phi) is 6.89. The summed E-state index contributed by atoms with van der Waals surface area (Å²) in [6, 6.07) is 0. The lowest BCUT2D eigenvalue weighted by Gasteiger charge is -2.28. The van der Waals surface area contributed by atoms with Gasteiger partial charge in [0.15, 0.2) is 0 Å². The lowest BCUT2D eigenvalue weighted by atomic mass is 10.0. The van der Waals surface area contributed by atoms with Crippen LogP contribution < -0.4 is 5.32 Å². The minimum absolute atomic E-state index is 0.0381. The maximum absolute atomic E-state index is 11.4. The number of alkyl halides is 1. The first-order chi connectivity index (χ1) is 6.90. The van der Waals surface area contributed by atoms with E-state index in [2.05, 4.69) is 5.32 Å². The zero-order chi connectivity index (χ0) is 11.9. The summed E-state index contributed by atoms with van der Waals surface area (Å²) in [5.41, 5.74) is -0.427. The molecule has 5 heteroatoms. The van der Waals surface area contributed by atoms with E-state index in [9.17, 15) is 4.79 Å². The Hall–Kier alpha value is -0.320. The summed E-state index contributed by atoms with van der Waals surface area (Å²) in [4.78, 5) is 11.4. The summed E-state index contributed by atoms with van der Waals surface area (Å²) >= 11 is 5.92. The lowest BCUT2D eigenvalue weighted by Crippen LogP contribution is -2.50. The maximum Gasteiger partial charge on any atom is 0.246 e. The number of carbonyl (C=O) groups is 1. The third-order valence-corrected chi connectivity index (χ3v) is 2.67. The van der Waals surface area contributed by atoms with Crippen LogP contribution in [0.1, 0.15) is 20.8 Å². The first-order valence-electron chi connectivity index (χ1n) is 4.92. The average Bonchev–Trinajstić information content (AvgIpc) is 2.11. The van der Waals surface area contributed by atoms with Gasteiger partial charge in [-0.3, -0.25) is 4.79 Å². The molecule has 0 rings (SSSR count). The van der Waals surface area contributed by atoms with E-state index < -0.39 is 5.54 Å². The third-order valence-electron chi connectivity index (χ3n) is 2.12. The SMILES string of the molecule is COCCOCC(=O)NC(C)(C)C(C)Cl. The van der Waals surface area contributed by atoms with Crippen LogP contribution in [0, 0.1) is 0 Å². The van der Waals surface area contributed by atoms with Crippen LogP contribution in [0.25, 0.3) is 0 Å². The Balaban J connectivity index is 3.74. The number of carbonyl (C=O) groups excluding carboxylic acids is 1. The fourth-order valence-corrected chi connectivity index (χ4v) is 0.857. The zero-order valence-corrected chi connectivity index (χ0v) is 10.6. The predicted octanol–water partition coefficient (Wildman–Crippen LogP) is 1.17. The van der Waals surface area contributed by atoms with Crippen LogP contribution >= 0.6 is 11.6 Å². The largest absolute Gasteiger partial charge is 0.382 e. The van der Waals surface area contributed by atoms with Crippen molar-refractivity contribution in [2.45, 2.75) is 31.7 Å². The molecular formula is C10H20ClNO3. The summed E-state index contributed by atoms with van der Waals surface area (Å²) in [6.45, 7) is 6.53. The molecule has 15 heavy (non-hydrogen) atoms. The van der Waals surface area contributed by atoms with Crippen molar-refractivity contribution >= 4 is 17.5 Å². The van der Waals surface area contributed by atoms with Crippen LogP contribution in [-0.2, 0) is 14.3 Å². The molecule has 0 aliphatic carbocycles. The lowest BCUT2D eigenvalue weighted by molar-refractivity contribution is -0.127. The number of hydrogen-bond donors (Lipinski definition) is 1. The predicted molar refractivity (Wildman–Crippen MR) is 60.2 cm³/mol. The Morgan fingerprint density at radius 1 is 1.47 bits per heavy atom. The van der Waals surface area contributed by atoms with Crippen molar-refractivity contribution in [2.24, 2.45) is 0 Å². The number of rotatable bonds is 7. The minimum atomic E-state index is -0.427. The normalized spacial score (nSPS) is 13.7. The Morgan fingerprint density at radius 2 is 2.07 bits per heavy atom. The van der Waals surface area contributed by atoms with Crippen molar-refractivity contribution in [1.82, 2.24) is 5.32 Å². The Labute approximate surface area is 96.3 Å². The van der Waals surface area contributed by atoms with Gasteiger partial charge >= 0.3 is 0 Å². The van der Waals surface area contributed by atoms with Crippen LogP contribution in [0.2, 0.25) is 0 Å². The number of ether oxygens (including phenoxy) is 2. The van der Waals surface area contributed by atoms with E-state index in [1.165, 1.54) is 0 Å². The molecular weight excluding hydrogens is 218 g/mol. The van der Waals surface area contributed by atoms with E-state index in [4.69, 9.17) is 21.1 Å². The van der Waals surface area contributed by atoms with Gasteiger partial charge in [0.1, 0.15) is 6.61 Å². The summed E-state index contributed by atoms with van der Waals surface area (Å²) < 4.78 is 9.87. The zero-order valence-electron chi connectivity index (χ0n) is 9.80. The van der Waals surface area contributed by atoms with Crippen LogP contribution in [0.5, 0.6) is 0 Å². The summed E-state index contributed by atoms with van der Waals surface area (Å²) in [5.74, 6) is -0.163. The molecule has 1 unspecified atom stereocenters. The molecule has 0 spiro atoms. The second-order valence-corrected chi connectivity index (χ2v) is 4.59. The number of nitrogens with one attached hydrogen (secondary N) is 1. The summed E-state index contributed by atoms with van der Waals surface area (Å²) in [7, 11) is 1.59. The number of amides is 1. The van der Waals surface area contributed by atoms with Gasteiger partial charge in [0, 0.05) is 7.11 Å². The molecule has 0 aromatic carbocycles. The van der Waals surface area contributed by atoms with Crippen LogP contribution in [-0.4, -0.2) is 43.8 Å². The number of hydrogen-bond acceptors (Lipinski definition) is 3. The fraction of sp³-hybridized carbons (Fsp3) is 0.900. The van der Waals surface area contributed by atoms with Gasteiger partial charge < -0.3 is 14.8 Å². The molecule has 0 aliphatic heterocycles. The molecule has 4 nitrogen and oxygen atoms in total. The monoisotopic (exact) mass is 237 g/mol. The first-order valence-corrected chi connectivity index (χ1v) is 5.35. The van der Waals surface area contributed by atoms with Gasteiger partial charge in [-0.2, -0.15) is 0 Å². The van der Waals surface area contributed by atoms with E-state index in [1.54, 1.807) is 7.11 Å². The van der Waals surface area contributed by atoms with E-state index in [1.807, 2.05) is 20.8 Å². The highest BCUT2D eigenvalue weighted by atomic mass is 35.5. The molecule has 0 saturated carbocycles. The molecule has 0 radical (unpaired) electrons. The smallest absolute Gasteiger partial charge is 0.246 e. The highest BCUT2D eigenvalue weighted by Crippen LogP contribution is 2.14. The summed E-state index contributed by atoms with van der Waals surface area (Å²) in [5, 5.41) is 2.66. The Morgan fingerprint density at radius 3 is 2.53 bits per heavy atom. The highest BCUT2D eigenvalue weighted by Gasteiger charge is 2.25. The fourth-order valence-electron chi connectivity index (χ4n) is 0.802. The molecule has 0 aromatic rings. The molecule has 1 N–H and O–H groups in total. The number of halogens is 1. The van der Waals surface area contributed by atoms with Crippen LogP contribution in [0.15, 0.2) is 0 Å². The van der Waals surface area contributed by atoms with Crippen molar-refractivity contribution in [3.63, 3.8) is 0 Å².